The van der Waals surface area contributed by atoms with E-state index in [0.717, 1.165) is 17.1 Å². The van der Waals surface area contributed by atoms with Crippen molar-refractivity contribution in [1.29, 1.82) is 0 Å². The highest BCUT2D eigenvalue weighted by Crippen LogP contribution is 2.28. The number of rotatable bonds is 7. The molecule has 0 bridgehead atoms. The quantitative estimate of drug-likeness (QED) is 0.413. The van der Waals surface area contributed by atoms with E-state index in [1.165, 1.54) is 0 Å². The highest BCUT2D eigenvalue weighted by atomic mass is 16.5. The fraction of sp³-hybridized carbons (Fsp3) is 0.200. The zero-order valence-electron chi connectivity index (χ0n) is 17.7. The molecule has 3 aromatic carbocycles. The van der Waals surface area contributed by atoms with E-state index < -0.39 is 0 Å². The molecule has 0 aliphatic heterocycles. The molecule has 0 radical (unpaired) electrons. The molecule has 0 aliphatic rings. The van der Waals surface area contributed by atoms with Gasteiger partial charge in [-0.15, -0.1) is 0 Å². The Morgan fingerprint density at radius 2 is 1.84 bits per heavy atom. The summed E-state index contributed by atoms with van der Waals surface area (Å²) >= 11 is 0. The van der Waals surface area contributed by atoms with Crippen LogP contribution in [0.3, 0.4) is 0 Å². The minimum absolute atomic E-state index is 0.203. The van der Waals surface area contributed by atoms with Crippen molar-refractivity contribution in [2.45, 2.75) is 13.8 Å². The molecular formula is C25H24N2O4. The van der Waals surface area contributed by atoms with E-state index in [4.69, 9.17) is 13.9 Å². The van der Waals surface area contributed by atoms with Crippen LogP contribution < -0.4 is 14.8 Å². The van der Waals surface area contributed by atoms with Gasteiger partial charge in [0, 0.05) is 16.8 Å². The van der Waals surface area contributed by atoms with Crippen molar-refractivity contribution in [3.63, 3.8) is 0 Å². The van der Waals surface area contributed by atoms with Crippen LogP contribution >= 0.6 is 0 Å². The molecule has 1 heterocycles. The number of carbonyl (C=O) groups is 1. The van der Waals surface area contributed by atoms with Crippen LogP contribution in [0, 0.1) is 5.92 Å². The average molecular weight is 416 g/mol. The van der Waals surface area contributed by atoms with Crippen LogP contribution in [-0.4, -0.2) is 24.6 Å². The number of benzene rings is 3. The number of nitrogens with zero attached hydrogens (tertiary/aromatic N) is 1. The third kappa shape index (κ3) is 4.86. The van der Waals surface area contributed by atoms with Gasteiger partial charge in [0.05, 0.1) is 13.7 Å². The molecule has 0 saturated heterocycles. The van der Waals surface area contributed by atoms with Crippen molar-refractivity contribution in [1.82, 2.24) is 4.98 Å². The van der Waals surface area contributed by atoms with Gasteiger partial charge in [-0.2, -0.15) is 0 Å². The van der Waals surface area contributed by atoms with Gasteiger partial charge in [0.1, 0.15) is 17.0 Å². The van der Waals surface area contributed by atoms with E-state index in [2.05, 4.69) is 24.1 Å². The van der Waals surface area contributed by atoms with E-state index in [-0.39, 0.29) is 5.91 Å². The summed E-state index contributed by atoms with van der Waals surface area (Å²) in [5.74, 6) is 2.21. The van der Waals surface area contributed by atoms with Crippen molar-refractivity contribution in [3.8, 4) is 23.0 Å². The normalized spacial score (nSPS) is 11.0. The number of fused-ring (bicyclic) bond motifs is 1. The summed E-state index contributed by atoms with van der Waals surface area (Å²) in [7, 11) is 1.62. The number of amides is 1. The van der Waals surface area contributed by atoms with Gasteiger partial charge >= 0.3 is 0 Å². The topological polar surface area (TPSA) is 73.6 Å². The van der Waals surface area contributed by atoms with E-state index >= 15 is 0 Å². The minimum Gasteiger partial charge on any atom is -0.497 e. The lowest BCUT2D eigenvalue weighted by atomic mass is 10.2. The van der Waals surface area contributed by atoms with Gasteiger partial charge in [-0.05, 0) is 66.6 Å². The summed E-state index contributed by atoms with van der Waals surface area (Å²) < 4.78 is 16.8. The molecule has 0 atom stereocenters. The molecule has 6 nitrogen and oxygen atoms in total. The van der Waals surface area contributed by atoms with Crippen LogP contribution in [0.1, 0.15) is 24.2 Å². The summed E-state index contributed by atoms with van der Waals surface area (Å²) in [5.41, 5.74) is 3.31. The van der Waals surface area contributed by atoms with E-state index in [1.54, 1.807) is 49.6 Å². The van der Waals surface area contributed by atoms with Gasteiger partial charge in [-0.1, -0.05) is 19.9 Å². The molecule has 1 N–H and O–H groups in total. The summed E-state index contributed by atoms with van der Waals surface area (Å²) in [6, 6.07) is 20.0. The molecule has 4 rings (SSSR count). The fourth-order valence-electron chi connectivity index (χ4n) is 3.05. The molecule has 0 unspecified atom stereocenters. The predicted octanol–water partition coefficient (Wildman–Crippen LogP) is 5.79. The van der Waals surface area contributed by atoms with Crippen LogP contribution in [0.15, 0.2) is 71.1 Å². The molecule has 0 spiro atoms. The minimum atomic E-state index is -0.203. The van der Waals surface area contributed by atoms with Crippen molar-refractivity contribution >= 4 is 22.7 Å². The SMILES string of the molecule is COc1cccc(-c2nc3cc(NC(=O)c4ccc(OCC(C)C)cc4)ccc3o2)c1. The molecule has 158 valence electrons. The second kappa shape index (κ2) is 8.92. The molecule has 1 aromatic heterocycles. The number of methoxy groups -OCH3 is 1. The number of carbonyl (C=O) groups excluding carboxylic acids is 1. The molecule has 0 saturated carbocycles. The van der Waals surface area contributed by atoms with Gasteiger partial charge in [0.25, 0.3) is 5.91 Å². The Hall–Kier alpha value is -3.80. The largest absolute Gasteiger partial charge is 0.497 e. The number of hydrogen-bond acceptors (Lipinski definition) is 5. The number of oxazole rings is 1. The maximum absolute atomic E-state index is 12.6. The Labute approximate surface area is 180 Å². The molecular weight excluding hydrogens is 392 g/mol. The standard InChI is InChI=1S/C25H24N2O4/c1-16(2)15-30-20-10-7-17(8-11-20)24(28)26-19-9-12-23-22(14-19)27-25(31-23)18-5-4-6-21(13-18)29-3/h4-14,16H,15H2,1-3H3,(H,26,28). The maximum atomic E-state index is 12.6. The maximum Gasteiger partial charge on any atom is 0.255 e. The molecule has 31 heavy (non-hydrogen) atoms. The van der Waals surface area contributed by atoms with Crippen molar-refractivity contribution in [2.75, 3.05) is 19.0 Å². The molecule has 6 heteroatoms. The van der Waals surface area contributed by atoms with Crippen molar-refractivity contribution in [3.05, 3.63) is 72.3 Å². The molecule has 1 amide bonds. The van der Waals surface area contributed by atoms with E-state index in [0.29, 0.717) is 40.8 Å². The second-order valence-corrected chi connectivity index (χ2v) is 7.62. The zero-order valence-corrected chi connectivity index (χ0v) is 17.7. The van der Waals surface area contributed by atoms with Crippen LogP contribution in [0.2, 0.25) is 0 Å². The van der Waals surface area contributed by atoms with Gasteiger partial charge in [0.15, 0.2) is 5.58 Å². The second-order valence-electron chi connectivity index (χ2n) is 7.62. The van der Waals surface area contributed by atoms with Crippen molar-refractivity contribution in [2.24, 2.45) is 5.92 Å². The van der Waals surface area contributed by atoms with Gasteiger partial charge < -0.3 is 19.2 Å². The summed E-state index contributed by atoms with van der Waals surface area (Å²) in [6.45, 7) is 4.82. The summed E-state index contributed by atoms with van der Waals surface area (Å²) in [4.78, 5) is 17.2. The van der Waals surface area contributed by atoms with Gasteiger partial charge in [0.2, 0.25) is 5.89 Å². The summed E-state index contributed by atoms with van der Waals surface area (Å²) in [6.07, 6.45) is 0. The lowest BCUT2D eigenvalue weighted by molar-refractivity contribution is 0.102. The number of nitrogens with one attached hydrogen (secondary N) is 1. The monoisotopic (exact) mass is 416 g/mol. The zero-order chi connectivity index (χ0) is 21.8. The Morgan fingerprint density at radius 1 is 1.03 bits per heavy atom. The number of aromatic nitrogens is 1. The first kappa shape index (κ1) is 20.5. The predicted molar refractivity (Wildman–Crippen MR) is 121 cm³/mol. The smallest absolute Gasteiger partial charge is 0.255 e. The lowest BCUT2D eigenvalue weighted by Crippen LogP contribution is -2.12. The Kier molecular flexibility index (Phi) is 5.89. The Morgan fingerprint density at radius 3 is 2.58 bits per heavy atom. The molecule has 0 fully saturated rings. The molecule has 4 aromatic rings. The number of hydrogen-bond donors (Lipinski definition) is 1. The first-order valence-electron chi connectivity index (χ1n) is 10.1. The third-order valence-electron chi connectivity index (χ3n) is 4.66. The lowest BCUT2D eigenvalue weighted by Gasteiger charge is -2.09. The van der Waals surface area contributed by atoms with Crippen LogP contribution in [0.4, 0.5) is 5.69 Å². The van der Waals surface area contributed by atoms with E-state index in [9.17, 15) is 4.79 Å². The first-order chi connectivity index (χ1) is 15.0. The first-order valence-corrected chi connectivity index (χ1v) is 10.1. The number of ether oxygens (including phenoxy) is 2. The van der Waals surface area contributed by atoms with Gasteiger partial charge in [-0.25, -0.2) is 4.98 Å². The van der Waals surface area contributed by atoms with Crippen LogP contribution in [0.5, 0.6) is 11.5 Å². The molecule has 0 aliphatic carbocycles. The Balaban J connectivity index is 1.49. The number of anilines is 1. The van der Waals surface area contributed by atoms with E-state index in [1.807, 2.05) is 24.3 Å². The van der Waals surface area contributed by atoms with Crippen molar-refractivity contribution < 1.29 is 18.7 Å². The van der Waals surface area contributed by atoms with Gasteiger partial charge in [-0.3, -0.25) is 4.79 Å². The van der Waals surface area contributed by atoms with Crippen LogP contribution in [-0.2, 0) is 0 Å². The highest BCUT2D eigenvalue weighted by molar-refractivity contribution is 6.05. The van der Waals surface area contributed by atoms with Crippen LogP contribution in [0.25, 0.3) is 22.6 Å². The third-order valence-corrected chi connectivity index (χ3v) is 4.66. The Bertz CT molecular complexity index is 1200. The average Bonchev–Trinajstić information content (AvgIpc) is 3.21. The summed E-state index contributed by atoms with van der Waals surface area (Å²) in [5, 5.41) is 2.91. The highest BCUT2D eigenvalue weighted by Gasteiger charge is 2.12. The fourth-order valence-corrected chi connectivity index (χ4v) is 3.05.